The maximum Gasteiger partial charge on any atom is 0.306 e. The third kappa shape index (κ3) is 6.52. The number of methoxy groups -OCH3 is 1. The second kappa shape index (κ2) is 10.2. The Bertz CT molecular complexity index is 779. The van der Waals surface area contributed by atoms with Gasteiger partial charge in [0.2, 0.25) is 0 Å². The number of hydrogen-bond acceptors (Lipinski definition) is 4. The summed E-state index contributed by atoms with van der Waals surface area (Å²) in [5, 5.41) is 0. The molecule has 3 rings (SSSR count). The summed E-state index contributed by atoms with van der Waals surface area (Å²) in [5.41, 5.74) is 2.15. The van der Waals surface area contributed by atoms with Gasteiger partial charge in [0.15, 0.2) is 0 Å². The lowest BCUT2D eigenvalue weighted by atomic mass is 9.81. The predicted molar refractivity (Wildman–Crippen MR) is 125 cm³/mol. The maximum atomic E-state index is 12.5. The number of aryl methyl sites for hydroxylation is 1. The molecule has 164 valence electrons. The molecular formula is C25H34BrNO3. The van der Waals surface area contributed by atoms with Crippen LogP contribution in [0.4, 0.5) is 0 Å². The van der Waals surface area contributed by atoms with Crippen molar-refractivity contribution in [2.75, 3.05) is 7.11 Å². The molecule has 30 heavy (non-hydrogen) atoms. The molecule has 1 aliphatic carbocycles. The standard InChI is InChI=1S/C25H34BrNO3/c1-25(2,3)30-23(28)15-19-14-21(29-4)16-22(19)24-18(12-13-27-24)7-5-6-17-8-10-20(26)11-9-17/h8-13,18-19,21-22H,5-7,14-16H2,1-4H3/t18?,19?,21-,22+/m0/s1. The van der Waals surface area contributed by atoms with Crippen LogP contribution in [0.3, 0.4) is 0 Å². The normalized spacial score (nSPS) is 26.1. The molecule has 1 aromatic carbocycles. The molecule has 2 unspecified atom stereocenters. The van der Waals surface area contributed by atoms with Crippen LogP contribution in [0, 0.1) is 17.8 Å². The molecule has 2 aliphatic rings. The van der Waals surface area contributed by atoms with E-state index in [4.69, 9.17) is 14.5 Å². The van der Waals surface area contributed by atoms with Gasteiger partial charge in [-0.15, -0.1) is 0 Å². The number of carbonyl (C=O) groups is 1. The van der Waals surface area contributed by atoms with Gasteiger partial charge in [-0.2, -0.15) is 0 Å². The van der Waals surface area contributed by atoms with Gasteiger partial charge in [0, 0.05) is 41.8 Å². The van der Waals surface area contributed by atoms with E-state index < -0.39 is 5.60 Å². The first-order chi connectivity index (χ1) is 14.2. The van der Waals surface area contributed by atoms with E-state index >= 15 is 0 Å². The van der Waals surface area contributed by atoms with Gasteiger partial charge in [0.25, 0.3) is 0 Å². The minimum absolute atomic E-state index is 0.118. The predicted octanol–water partition coefficient (Wildman–Crippen LogP) is 6.13. The van der Waals surface area contributed by atoms with Crippen molar-refractivity contribution in [3.8, 4) is 0 Å². The fraction of sp³-hybridized carbons (Fsp3) is 0.600. The van der Waals surface area contributed by atoms with E-state index in [1.54, 1.807) is 7.11 Å². The number of nitrogens with zero attached hydrogens (tertiary/aromatic N) is 1. The summed E-state index contributed by atoms with van der Waals surface area (Å²) in [5.74, 6) is 0.766. The average molecular weight is 476 g/mol. The molecule has 0 amide bonds. The van der Waals surface area contributed by atoms with E-state index in [0.29, 0.717) is 12.3 Å². The Labute approximate surface area is 189 Å². The Morgan fingerprint density at radius 3 is 2.60 bits per heavy atom. The highest BCUT2D eigenvalue weighted by Crippen LogP contribution is 2.41. The Morgan fingerprint density at radius 1 is 1.20 bits per heavy atom. The zero-order valence-corrected chi connectivity index (χ0v) is 20.2. The van der Waals surface area contributed by atoms with Crippen LogP contribution in [0.2, 0.25) is 0 Å². The second-order valence-corrected chi connectivity index (χ2v) is 10.4. The maximum absolute atomic E-state index is 12.5. The monoisotopic (exact) mass is 475 g/mol. The van der Waals surface area contributed by atoms with Crippen molar-refractivity contribution in [3.63, 3.8) is 0 Å². The van der Waals surface area contributed by atoms with Gasteiger partial charge in [-0.1, -0.05) is 34.1 Å². The summed E-state index contributed by atoms with van der Waals surface area (Å²) in [4.78, 5) is 17.2. The van der Waals surface area contributed by atoms with E-state index in [9.17, 15) is 4.79 Å². The van der Waals surface area contributed by atoms with E-state index in [1.165, 1.54) is 11.3 Å². The molecule has 1 aromatic rings. The lowest BCUT2D eigenvalue weighted by Gasteiger charge is -2.25. The molecule has 5 heteroatoms. The minimum atomic E-state index is -0.451. The first kappa shape index (κ1) is 23.2. The van der Waals surface area contributed by atoms with E-state index in [1.807, 2.05) is 27.0 Å². The molecule has 0 saturated heterocycles. The van der Waals surface area contributed by atoms with Crippen molar-refractivity contribution in [1.82, 2.24) is 0 Å². The van der Waals surface area contributed by atoms with Crippen LogP contribution in [0.1, 0.15) is 58.4 Å². The SMILES string of the molecule is CO[C@H]1CC(CC(=O)OC(C)(C)C)[C@H](C2=NC=CC2CCCc2ccc(Br)cc2)C1. The third-order valence-corrected chi connectivity index (χ3v) is 6.56. The molecule has 0 spiro atoms. The van der Waals surface area contributed by atoms with Crippen LogP contribution >= 0.6 is 15.9 Å². The zero-order chi connectivity index (χ0) is 21.7. The lowest BCUT2D eigenvalue weighted by molar-refractivity contribution is -0.156. The number of esters is 1. The smallest absolute Gasteiger partial charge is 0.306 e. The topological polar surface area (TPSA) is 47.9 Å². The molecule has 1 aliphatic heterocycles. The minimum Gasteiger partial charge on any atom is -0.460 e. The molecule has 4 atom stereocenters. The summed E-state index contributed by atoms with van der Waals surface area (Å²) in [6.07, 6.45) is 9.90. The molecule has 0 radical (unpaired) electrons. The van der Waals surface area contributed by atoms with E-state index in [0.717, 1.165) is 36.6 Å². The Balaban J connectivity index is 1.59. The van der Waals surface area contributed by atoms with Crippen LogP contribution in [-0.2, 0) is 20.7 Å². The zero-order valence-electron chi connectivity index (χ0n) is 18.6. The van der Waals surface area contributed by atoms with Crippen molar-refractivity contribution in [2.45, 2.75) is 71.0 Å². The molecule has 0 aromatic heterocycles. The quantitative estimate of drug-likeness (QED) is 0.424. The number of allylic oxidation sites excluding steroid dienone is 1. The van der Waals surface area contributed by atoms with Crippen molar-refractivity contribution < 1.29 is 14.3 Å². The van der Waals surface area contributed by atoms with Gasteiger partial charge >= 0.3 is 5.97 Å². The Kier molecular flexibility index (Phi) is 7.92. The van der Waals surface area contributed by atoms with Crippen LogP contribution in [0.5, 0.6) is 0 Å². The molecule has 0 N–H and O–H groups in total. The van der Waals surface area contributed by atoms with Crippen LogP contribution in [-0.4, -0.2) is 30.5 Å². The van der Waals surface area contributed by atoms with Gasteiger partial charge < -0.3 is 9.47 Å². The molecule has 0 bridgehead atoms. The van der Waals surface area contributed by atoms with E-state index in [-0.39, 0.29) is 23.9 Å². The lowest BCUT2D eigenvalue weighted by Crippen LogP contribution is -2.29. The van der Waals surface area contributed by atoms with E-state index in [2.05, 4.69) is 46.3 Å². The van der Waals surface area contributed by atoms with Crippen molar-refractivity contribution in [1.29, 1.82) is 0 Å². The summed E-state index contributed by atoms with van der Waals surface area (Å²) in [7, 11) is 1.77. The number of halogens is 1. The molecule has 1 heterocycles. The first-order valence-electron chi connectivity index (χ1n) is 11.0. The third-order valence-electron chi connectivity index (χ3n) is 6.03. The van der Waals surface area contributed by atoms with Crippen molar-refractivity contribution in [3.05, 3.63) is 46.6 Å². The summed E-state index contributed by atoms with van der Waals surface area (Å²) >= 11 is 3.49. The summed E-state index contributed by atoms with van der Waals surface area (Å²) < 4.78 is 12.4. The fourth-order valence-electron chi connectivity index (χ4n) is 4.67. The molecule has 1 saturated carbocycles. The molecule has 4 nitrogen and oxygen atoms in total. The van der Waals surface area contributed by atoms with Crippen molar-refractivity contribution >= 4 is 27.6 Å². The highest BCUT2D eigenvalue weighted by Gasteiger charge is 2.41. The van der Waals surface area contributed by atoms with Gasteiger partial charge in [-0.25, -0.2) is 0 Å². The Morgan fingerprint density at radius 2 is 1.93 bits per heavy atom. The summed E-state index contributed by atoms with van der Waals surface area (Å²) in [6, 6.07) is 8.56. The first-order valence-corrected chi connectivity index (χ1v) is 11.8. The van der Waals surface area contributed by atoms with Gasteiger partial charge in [0.1, 0.15) is 5.60 Å². The van der Waals surface area contributed by atoms with Gasteiger partial charge in [-0.3, -0.25) is 9.79 Å². The highest BCUT2D eigenvalue weighted by molar-refractivity contribution is 9.10. The molecule has 1 fully saturated rings. The number of hydrogen-bond donors (Lipinski definition) is 0. The van der Waals surface area contributed by atoms with Gasteiger partial charge in [0.05, 0.1) is 6.10 Å². The summed E-state index contributed by atoms with van der Waals surface area (Å²) in [6.45, 7) is 5.75. The number of aliphatic imine (C=N–C) groups is 1. The van der Waals surface area contributed by atoms with Crippen LogP contribution in [0.15, 0.2) is 46.0 Å². The number of ether oxygens (including phenoxy) is 2. The fourth-order valence-corrected chi connectivity index (χ4v) is 4.94. The Hall–Kier alpha value is -1.46. The number of rotatable bonds is 8. The second-order valence-electron chi connectivity index (χ2n) is 9.51. The van der Waals surface area contributed by atoms with Crippen LogP contribution < -0.4 is 0 Å². The van der Waals surface area contributed by atoms with Gasteiger partial charge in [-0.05, 0) is 76.5 Å². The van der Waals surface area contributed by atoms with Crippen molar-refractivity contribution in [2.24, 2.45) is 22.7 Å². The molecular weight excluding hydrogens is 442 g/mol. The largest absolute Gasteiger partial charge is 0.460 e. The average Bonchev–Trinajstić information content (AvgIpc) is 3.28. The van der Waals surface area contributed by atoms with Crippen LogP contribution in [0.25, 0.3) is 0 Å². The number of carbonyl (C=O) groups excluding carboxylic acids is 1. The number of benzene rings is 1. The highest BCUT2D eigenvalue weighted by atomic mass is 79.9.